The summed E-state index contributed by atoms with van der Waals surface area (Å²) < 4.78 is 27.5. The molecule has 7 heteroatoms. The van der Waals surface area contributed by atoms with Crippen molar-refractivity contribution < 1.29 is 13.2 Å². The topological polar surface area (TPSA) is 92.5 Å². The molecule has 1 heterocycles. The smallest absolute Gasteiger partial charge is 0.251 e. The molecule has 27 heavy (non-hydrogen) atoms. The highest BCUT2D eigenvalue weighted by atomic mass is 32.2. The lowest BCUT2D eigenvalue weighted by Gasteiger charge is -2.34. The minimum Gasteiger partial charge on any atom is -0.345 e. The largest absolute Gasteiger partial charge is 0.345 e. The second-order valence-electron chi connectivity index (χ2n) is 8.64. The van der Waals surface area contributed by atoms with E-state index in [1.165, 1.54) is 12.1 Å². The fourth-order valence-electron chi connectivity index (χ4n) is 4.10. The first-order valence-corrected chi connectivity index (χ1v) is 11.2. The number of rotatable bonds is 6. The summed E-state index contributed by atoms with van der Waals surface area (Å²) in [4.78, 5) is 12.8. The van der Waals surface area contributed by atoms with Crippen LogP contribution in [0.2, 0.25) is 0 Å². The Morgan fingerprint density at radius 3 is 2.22 bits per heavy atom. The highest BCUT2D eigenvalue weighted by Gasteiger charge is 2.41. The van der Waals surface area contributed by atoms with Gasteiger partial charge in [-0.15, -0.1) is 0 Å². The Kier molecular flexibility index (Phi) is 5.66. The van der Waals surface area contributed by atoms with Crippen LogP contribution in [0.15, 0.2) is 29.2 Å². The standard InChI is InChI=1S/C20H31N3O3S/c1-14-10-15(2)12-23(11-14)27(25,26)18-8-4-16(5-9-18)19(24)22-20(3,13-21)17-6-7-17/h4-5,8-9,14-15,17H,6-7,10-13,21H2,1-3H3,(H,22,24). The maximum atomic E-state index is 12.9. The van der Waals surface area contributed by atoms with Gasteiger partial charge in [-0.05, 0) is 68.2 Å². The molecule has 0 radical (unpaired) electrons. The predicted octanol–water partition coefficient (Wildman–Crippen LogP) is 2.21. The summed E-state index contributed by atoms with van der Waals surface area (Å²) in [5.74, 6) is 0.920. The number of carbonyl (C=O) groups excluding carboxylic acids is 1. The molecule has 2 aliphatic rings. The van der Waals surface area contributed by atoms with E-state index in [0.29, 0.717) is 43.0 Å². The van der Waals surface area contributed by atoms with E-state index in [1.54, 1.807) is 16.4 Å². The molecule has 150 valence electrons. The first-order valence-electron chi connectivity index (χ1n) is 9.78. The zero-order valence-electron chi connectivity index (χ0n) is 16.4. The number of sulfonamides is 1. The minimum absolute atomic E-state index is 0.209. The summed E-state index contributed by atoms with van der Waals surface area (Å²) in [5.41, 5.74) is 5.91. The number of nitrogens with one attached hydrogen (secondary N) is 1. The molecule has 1 amide bonds. The van der Waals surface area contributed by atoms with Crippen LogP contribution in [-0.4, -0.2) is 43.8 Å². The molecule has 1 aliphatic carbocycles. The van der Waals surface area contributed by atoms with Gasteiger partial charge in [0.1, 0.15) is 0 Å². The van der Waals surface area contributed by atoms with Crippen molar-refractivity contribution in [3.05, 3.63) is 29.8 Å². The monoisotopic (exact) mass is 393 g/mol. The number of nitrogens with two attached hydrogens (primary N) is 1. The zero-order chi connectivity index (χ0) is 19.8. The molecule has 1 saturated heterocycles. The first-order chi connectivity index (χ1) is 12.7. The Bertz CT molecular complexity index is 779. The van der Waals surface area contributed by atoms with Gasteiger partial charge in [0.05, 0.1) is 10.4 Å². The highest BCUT2D eigenvalue weighted by molar-refractivity contribution is 7.89. The van der Waals surface area contributed by atoms with Crippen LogP contribution in [0.4, 0.5) is 0 Å². The van der Waals surface area contributed by atoms with Gasteiger partial charge >= 0.3 is 0 Å². The van der Waals surface area contributed by atoms with Crippen LogP contribution in [0.1, 0.15) is 50.4 Å². The van der Waals surface area contributed by atoms with E-state index in [1.807, 2.05) is 6.92 Å². The summed E-state index contributed by atoms with van der Waals surface area (Å²) in [7, 11) is -3.53. The van der Waals surface area contributed by atoms with Crippen LogP contribution in [0.5, 0.6) is 0 Å². The Morgan fingerprint density at radius 1 is 1.19 bits per heavy atom. The van der Waals surface area contributed by atoms with Crippen molar-refractivity contribution in [2.75, 3.05) is 19.6 Å². The van der Waals surface area contributed by atoms with Gasteiger partial charge in [0, 0.05) is 25.2 Å². The second-order valence-corrected chi connectivity index (χ2v) is 10.6. The molecule has 6 nitrogen and oxygen atoms in total. The van der Waals surface area contributed by atoms with E-state index >= 15 is 0 Å². The third-order valence-corrected chi connectivity index (χ3v) is 7.74. The Morgan fingerprint density at radius 2 is 1.74 bits per heavy atom. The SMILES string of the molecule is CC1CC(C)CN(S(=O)(=O)c2ccc(C(=O)NC(C)(CN)C3CC3)cc2)C1. The lowest BCUT2D eigenvalue weighted by atomic mass is 9.94. The molecule has 0 bridgehead atoms. The molecule has 1 aromatic rings. The molecule has 0 aromatic heterocycles. The van der Waals surface area contributed by atoms with Crippen molar-refractivity contribution in [2.45, 2.75) is 50.5 Å². The molecule has 2 fully saturated rings. The maximum absolute atomic E-state index is 12.9. The van der Waals surface area contributed by atoms with E-state index < -0.39 is 15.6 Å². The number of hydrogen-bond donors (Lipinski definition) is 2. The van der Waals surface area contributed by atoms with Crippen molar-refractivity contribution in [2.24, 2.45) is 23.5 Å². The summed E-state index contributed by atoms with van der Waals surface area (Å²) in [5, 5.41) is 3.03. The molecule has 1 aliphatic heterocycles. The lowest BCUT2D eigenvalue weighted by molar-refractivity contribution is 0.0897. The Hall–Kier alpha value is -1.44. The molecule has 3 atom stereocenters. The normalized spacial score (nSPS) is 26.4. The number of carbonyl (C=O) groups is 1. The molecular formula is C20H31N3O3S. The summed E-state index contributed by atoms with van der Waals surface area (Å²) in [6.07, 6.45) is 3.21. The zero-order valence-corrected chi connectivity index (χ0v) is 17.3. The van der Waals surface area contributed by atoms with Crippen LogP contribution in [0.25, 0.3) is 0 Å². The van der Waals surface area contributed by atoms with Crippen molar-refractivity contribution >= 4 is 15.9 Å². The van der Waals surface area contributed by atoms with E-state index in [2.05, 4.69) is 19.2 Å². The van der Waals surface area contributed by atoms with Gasteiger partial charge in [-0.25, -0.2) is 8.42 Å². The number of amides is 1. The first kappa shape index (κ1) is 20.3. The molecule has 1 aromatic carbocycles. The van der Waals surface area contributed by atoms with Crippen LogP contribution in [0, 0.1) is 17.8 Å². The summed E-state index contributed by atoms with van der Waals surface area (Å²) >= 11 is 0. The van der Waals surface area contributed by atoms with Crippen LogP contribution < -0.4 is 11.1 Å². The molecule has 3 unspecified atom stereocenters. The Labute approximate surface area is 162 Å². The van der Waals surface area contributed by atoms with Crippen molar-refractivity contribution in [1.82, 2.24) is 9.62 Å². The van der Waals surface area contributed by atoms with E-state index in [9.17, 15) is 13.2 Å². The van der Waals surface area contributed by atoms with Crippen molar-refractivity contribution in [1.29, 1.82) is 0 Å². The summed E-state index contributed by atoms with van der Waals surface area (Å²) in [6, 6.07) is 6.24. The maximum Gasteiger partial charge on any atom is 0.251 e. The fourth-order valence-corrected chi connectivity index (χ4v) is 5.78. The lowest BCUT2D eigenvalue weighted by Crippen LogP contribution is -2.53. The number of piperidine rings is 1. The highest BCUT2D eigenvalue weighted by Crippen LogP contribution is 2.39. The fraction of sp³-hybridized carbons (Fsp3) is 0.650. The van der Waals surface area contributed by atoms with E-state index in [4.69, 9.17) is 5.73 Å². The van der Waals surface area contributed by atoms with Crippen LogP contribution in [-0.2, 0) is 10.0 Å². The van der Waals surface area contributed by atoms with Crippen molar-refractivity contribution in [3.8, 4) is 0 Å². The average Bonchev–Trinajstić information content (AvgIpc) is 3.46. The molecular weight excluding hydrogens is 362 g/mol. The Balaban J connectivity index is 1.73. The van der Waals surface area contributed by atoms with E-state index in [-0.39, 0.29) is 10.8 Å². The number of nitrogens with zero attached hydrogens (tertiary/aromatic N) is 1. The van der Waals surface area contributed by atoms with Crippen LogP contribution >= 0.6 is 0 Å². The van der Waals surface area contributed by atoms with Crippen LogP contribution in [0.3, 0.4) is 0 Å². The van der Waals surface area contributed by atoms with Gasteiger partial charge in [-0.3, -0.25) is 4.79 Å². The third kappa shape index (κ3) is 4.36. The summed E-state index contributed by atoms with van der Waals surface area (Å²) in [6.45, 7) is 7.62. The molecule has 3 N–H and O–H groups in total. The molecule has 0 spiro atoms. The van der Waals surface area contributed by atoms with Gasteiger partial charge in [-0.2, -0.15) is 4.31 Å². The van der Waals surface area contributed by atoms with Gasteiger partial charge in [0.25, 0.3) is 5.91 Å². The number of hydrogen-bond acceptors (Lipinski definition) is 4. The predicted molar refractivity (Wildman–Crippen MR) is 106 cm³/mol. The van der Waals surface area contributed by atoms with E-state index in [0.717, 1.165) is 19.3 Å². The van der Waals surface area contributed by atoms with Gasteiger partial charge in [0.15, 0.2) is 0 Å². The van der Waals surface area contributed by atoms with Gasteiger partial charge in [-0.1, -0.05) is 13.8 Å². The average molecular weight is 394 g/mol. The van der Waals surface area contributed by atoms with Crippen molar-refractivity contribution in [3.63, 3.8) is 0 Å². The van der Waals surface area contributed by atoms with Gasteiger partial charge < -0.3 is 11.1 Å². The quantitative estimate of drug-likeness (QED) is 0.775. The van der Waals surface area contributed by atoms with Gasteiger partial charge in [0.2, 0.25) is 10.0 Å². The molecule has 3 rings (SSSR count). The molecule has 1 saturated carbocycles. The minimum atomic E-state index is -3.53. The second kappa shape index (κ2) is 7.53. The number of benzene rings is 1. The third-order valence-electron chi connectivity index (χ3n) is 5.89.